The lowest BCUT2D eigenvalue weighted by molar-refractivity contribution is -0.540. The van der Waals surface area contributed by atoms with Gasteiger partial charge in [0.05, 0.1) is 6.61 Å². The van der Waals surface area contributed by atoms with Gasteiger partial charge in [-0.1, -0.05) is 37.3 Å². The first-order valence-electron chi connectivity index (χ1n) is 5.48. The molecule has 1 aliphatic heterocycles. The molecule has 0 fully saturated rings. The summed E-state index contributed by atoms with van der Waals surface area (Å²) >= 11 is 0. The average Bonchev–Trinajstić information content (AvgIpc) is 2.31. The Bertz CT molecular complexity index is 409. The summed E-state index contributed by atoms with van der Waals surface area (Å²) in [5.41, 5.74) is 1.16. The van der Waals surface area contributed by atoms with E-state index in [4.69, 9.17) is 4.74 Å². The zero-order valence-corrected chi connectivity index (χ0v) is 9.30. The van der Waals surface area contributed by atoms with Crippen LogP contribution in [0, 0.1) is 0 Å². The second-order valence-corrected chi connectivity index (χ2v) is 3.72. The van der Waals surface area contributed by atoms with Gasteiger partial charge in [-0.25, -0.2) is 0 Å². The van der Waals surface area contributed by atoms with Crippen LogP contribution in [0.2, 0.25) is 0 Å². The van der Waals surface area contributed by atoms with E-state index < -0.39 is 0 Å². The van der Waals surface area contributed by atoms with Crippen LogP contribution in [0.1, 0.15) is 24.9 Å². The largest absolute Gasteiger partial charge is 0.602 e. The maximum Gasteiger partial charge on any atom is 0.192 e. The van der Waals surface area contributed by atoms with Gasteiger partial charge in [-0.15, -0.1) is 0 Å². The summed E-state index contributed by atoms with van der Waals surface area (Å²) in [6, 6.07) is 10.2. The summed E-state index contributed by atoms with van der Waals surface area (Å²) in [4.78, 5) is 0. The Morgan fingerprint density at radius 1 is 1.44 bits per heavy atom. The zero-order valence-electron chi connectivity index (χ0n) is 9.30. The monoisotopic (exact) mass is 217 g/mol. The van der Waals surface area contributed by atoms with Crippen molar-refractivity contribution in [2.45, 2.75) is 19.4 Å². The smallest absolute Gasteiger partial charge is 0.192 e. The van der Waals surface area contributed by atoms with Crippen molar-refractivity contribution in [2.24, 2.45) is 0 Å². The van der Waals surface area contributed by atoms with Gasteiger partial charge in [0.15, 0.2) is 12.2 Å². The summed E-state index contributed by atoms with van der Waals surface area (Å²) in [5.74, 6) is -0.267. The van der Waals surface area contributed by atoms with Crippen LogP contribution in [-0.4, -0.2) is 17.4 Å². The summed E-state index contributed by atoms with van der Waals surface area (Å²) < 4.78 is 7.01. The molecule has 0 aliphatic carbocycles. The molecule has 84 valence electrons. The molecule has 1 aromatic carbocycles. The molecule has 3 nitrogen and oxygen atoms in total. The molecular formula is C13H15NO2. The van der Waals surface area contributed by atoms with Gasteiger partial charge in [0.25, 0.3) is 0 Å². The summed E-state index contributed by atoms with van der Waals surface area (Å²) in [6.45, 7) is 2.46. The Kier molecular flexibility index (Phi) is 3.25. The molecule has 1 aliphatic rings. The standard InChI is InChI=1S/C13H15NO2/c1-2-8-14-9-13(15)16-10-12(14)11-6-4-3-5-7-11/h3-9,12H,2,10H2,1H3/t12-/m1/s1. The molecule has 0 amide bonds. The second kappa shape index (κ2) is 4.84. The highest BCUT2D eigenvalue weighted by atomic mass is 16.6. The van der Waals surface area contributed by atoms with Crippen LogP contribution >= 0.6 is 0 Å². The summed E-state index contributed by atoms with van der Waals surface area (Å²) in [7, 11) is 0. The van der Waals surface area contributed by atoms with E-state index in [-0.39, 0.29) is 12.0 Å². The molecule has 0 saturated carbocycles. The van der Waals surface area contributed by atoms with Crippen molar-refractivity contribution in [2.75, 3.05) is 6.61 Å². The summed E-state index contributed by atoms with van der Waals surface area (Å²) in [5, 5.41) is 11.2. The highest BCUT2D eigenvalue weighted by Crippen LogP contribution is 2.21. The van der Waals surface area contributed by atoms with Crippen molar-refractivity contribution in [3.8, 4) is 0 Å². The van der Waals surface area contributed by atoms with Crippen LogP contribution in [0.3, 0.4) is 0 Å². The maximum atomic E-state index is 11.2. The number of benzene rings is 1. The topological polar surface area (TPSA) is 35.3 Å². The van der Waals surface area contributed by atoms with E-state index in [1.165, 1.54) is 6.20 Å². The fourth-order valence-electron chi connectivity index (χ4n) is 1.83. The number of hydrogen-bond acceptors (Lipinski definition) is 2. The minimum absolute atomic E-state index is 0.110. The maximum absolute atomic E-state index is 11.2. The van der Waals surface area contributed by atoms with E-state index in [2.05, 4.69) is 6.92 Å². The minimum atomic E-state index is -0.267. The van der Waals surface area contributed by atoms with Crippen LogP contribution in [0.25, 0.3) is 0 Å². The van der Waals surface area contributed by atoms with Crippen LogP contribution in [-0.2, 0) is 4.74 Å². The molecule has 0 N–H and O–H groups in total. The van der Waals surface area contributed by atoms with E-state index in [0.717, 1.165) is 12.0 Å². The molecule has 3 heteroatoms. The lowest BCUT2D eigenvalue weighted by Gasteiger charge is -2.25. The highest BCUT2D eigenvalue weighted by molar-refractivity contribution is 5.51. The molecule has 16 heavy (non-hydrogen) atoms. The van der Waals surface area contributed by atoms with Crippen molar-refractivity contribution < 1.29 is 14.4 Å². The van der Waals surface area contributed by atoms with E-state index in [1.54, 1.807) is 0 Å². The van der Waals surface area contributed by atoms with Gasteiger partial charge in [0, 0.05) is 12.0 Å². The fourth-order valence-corrected chi connectivity index (χ4v) is 1.83. The fraction of sp³-hybridized carbons (Fsp3) is 0.308. The third-order valence-electron chi connectivity index (χ3n) is 2.58. The first-order chi connectivity index (χ1) is 7.81. The van der Waals surface area contributed by atoms with Crippen molar-refractivity contribution in [3.05, 3.63) is 48.0 Å². The number of nitrogens with zero attached hydrogens (tertiary/aromatic N) is 1. The molecule has 0 bridgehead atoms. The van der Waals surface area contributed by atoms with Crippen molar-refractivity contribution in [1.29, 1.82) is 0 Å². The van der Waals surface area contributed by atoms with Crippen LogP contribution in [0.4, 0.5) is 0 Å². The molecule has 1 heterocycles. The minimum Gasteiger partial charge on any atom is -0.602 e. The van der Waals surface area contributed by atoms with E-state index in [0.29, 0.717) is 6.61 Å². The molecular weight excluding hydrogens is 202 g/mol. The molecule has 0 unspecified atom stereocenters. The van der Waals surface area contributed by atoms with Crippen molar-refractivity contribution in [1.82, 2.24) is 0 Å². The average molecular weight is 217 g/mol. The van der Waals surface area contributed by atoms with Crippen LogP contribution < -0.4 is 5.11 Å². The predicted molar refractivity (Wildman–Crippen MR) is 59.8 cm³/mol. The summed E-state index contributed by atoms with van der Waals surface area (Å²) in [6.07, 6.45) is 4.43. The van der Waals surface area contributed by atoms with Crippen LogP contribution in [0.5, 0.6) is 0 Å². The lowest BCUT2D eigenvalue weighted by atomic mass is 10.1. The third-order valence-corrected chi connectivity index (χ3v) is 2.58. The Balaban J connectivity index is 2.31. The Hall–Kier alpha value is -1.77. The van der Waals surface area contributed by atoms with Gasteiger partial charge in [-0.05, 0) is 0 Å². The Morgan fingerprint density at radius 3 is 2.88 bits per heavy atom. The lowest BCUT2D eigenvalue weighted by Crippen LogP contribution is -2.28. The molecule has 0 aromatic heterocycles. The second-order valence-electron chi connectivity index (χ2n) is 3.72. The molecule has 1 atom stereocenters. The number of rotatable bonds is 2. The SMILES string of the molecule is CCC=[N+]1C=C([O-])OC[C@@H]1c1ccccc1. The van der Waals surface area contributed by atoms with E-state index in [1.807, 2.05) is 41.1 Å². The molecule has 2 rings (SSSR count). The van der Waals surface area contributed by atoms with Gasteiger partial charge in [0.2, 0.25) is 0 Å². The van der Waals surface area contributed by atoms with Gasteiger partial charge in [-0.2, -0.15) is 4.58 Å². The van der Waals surface area contributed by atoms with Crippen molar-refractivity contribution >= 4 is 6.21 Å². The van der Waals surface area contributed by atoms with Crippen LogP contribution in [0.15, 0.2) is 42.5 Å². The van der Waals surface area contributed by atoms with Gasteiger partial charge in [-0.3, -0.25) is 0 Å². The number of hydrogen-bond donors (Lipinski definition) is 0. The quantitative estimate of drug-likeness (QED) is 0.702. The molecule has 1 aromatic rings. The first kappa shape index (κ1) is 10.7. The molecule has 0 radical (unpaired) electrons. The normalized spacial score (nSPS) is 22.7. The van der Waals surface area contributed by atoms with Gasteiger partial charge < -0.3 is 9.84 Å². The zero-order chi connectivity index (χ0) is 11.4. The van der Waals surface area contributed by atoms with E-state index >= 15 is 0 Å². The third kappa shape index (κ3) is 2.24. The van der Waals surface area contributed by atoms with Gasteiger partial charge >= 0.3 is 0 Å². The Labute approximate surface area is 95.3 Å². The predicted octanol–water partition coefficient (Wildman–Crippen LogP) is 1.41. The molecule has 0 spiro atoms. The highest BCUT2D eigenvalue weighted by Gasteiger charge is 2.23. The number of ether oxygens (including phenoxy) is 1. The van der Waals surface area contributed by atoms with Crippen molar-refractivity contribution in [3.63, 3.8) is 0 Å². The van der Waals surface area contributed by atoms with E-state index in [9.17, 15) is 5.11 Å². The molecule has 0 saturated heterocycles. The Morgan fingerprint density at radius 2 is 2.19 bits per heavy atom. The van der Waals surface area contributed by atoms with Gasteiger partial charge in [0.1, 0.15) is 12.2 Å². The first-order valence-corrected chi connectivity index (χ1v) is 5.48.